The molecule has 2 heteroatoms. The molecule has 0 aromatic rings. The Hall–Kier alpha value is -0.270. The smallest absolute Gasteiger partial charge is 0.0322 e. The first-order valence-corrected chi connectivity index (χ1v) is 3.57. The number of nitrogens with zero attached hydrogens (tertiary/aromatic N) is 1. The largest absolute Gasteiger partial charge is 0.219 e. The van der Waals surface area contributed by atoms with Crippen molar-refractivity contribution in [1.82, 2.24) is 4.42 Å². The van der Waals surface area contributed by atoms with Gasteiger partial charge in [0.2, 0.25) is 0 Å². The number of hydrogen-bond acceptors (Lipinski definition) is 1. The Kier molecular flexibility index (Phi) is 4.41. The van der Waals surface area contributed by atoms with Crippen molar-refractivity contribution in [3.63, 3.8) is 0 Å². The zero-order valence-electron chi connectivity index (χ0n) is 6.82. The average molecular weight is 160 g/mol. The van der Waals surface area contributed by atoms with Crippen molar-refractivity contribution in [2.45, 2.75) is 13.8 Å². The molecule has 0 aromatic heterocycles. The van der Waals surface area contributed by atoms with E-state index in [1.165, 1.54) is 5.57 Å². The van der Waals surface area contributed by atoms with Crippen LogP contribution in [0.25, 0.3) is 0 Å². The molecule has 0 heterocycles. The molecule has 0 saturated heterocycles. The van der Waals surface area contributed by atoms with Crippen LogP contribution >= 0.6 is 11.8 Å². The summed E-state index contributed by atoms with van der Waals surface area (Å²) in [5.74, 6) is 0. The van der Waals surface area contributed by atoms with Crippen LogP contribution in [0.15, 0.2) is 23.8 Å². The summed E-state index contributed by atoms with van der Waals surface area (Å²) < 4.78 is 1.60. The van der Waals surface area contributed by atoms with Crippen LogP contribution < -0.4 is 0 Å². The highest BCUT2D eigenvalue weighted by Gasteiger charge is 1.90. The third kappa shape index (κ3) is 4.59. The first kappa shape index (κ1) is 9.73. The van der Waals surface area contributed by atoms with E-state index in [4.69, 9.17) is 11.8 Å². The molecule has 0 bridgehead atoms. The first-order valence-electron chi connectivity index (χ1n) is 3.23. The van der Waals surface area contributed by atoms with Gasteiger partial charge in [-0.25, -0.2) is 4.42 Å². The van der Waals surface area contributed by atoms with E-state index in [1.807, 2.05) is 20.9 Å². The van der Waals surface area contributed by atoms with Gasteiger partial charge in [-0.15, -0.1) is 0 Å². The van der Waals surface area contributed by atoms with Crippen molar-refractivity contribution in [3.8, 4) is 0 Å². The Morgan fingerprint density at radius 3 is 2.40 bits per heavy atom. The maximum absolute atomic E-state index is 5.59. The van der Waals surface area contributed by atoms with Crippen molar-refractivity contribution < 1.29 is 0 Å². The first-order chi connectivity index (χ1) is 4.54. The normalized spacial score (nSPS) is 12.3. The Balaban J connectivity index is 3.81. The third-order valence-electron chi connectivity index (χ3n) is 1.32. The SMILES string of the molecule is C=C(C)/C(C)=C\CN(C)Cl. The minimum atomic E-state index is 0.764. The van der Waals surface area contributed by atoms with Gasteiger partial charge < -0.3 is 0 Å². The Bertz CT molecular complexity index is 147. The molecule has 0 aliphatic rings. The van der Waals surface area contributed by atoms with Gasteiger partial charge >= 0.3 is 0 Å². The van der Waals surface area contributed by atoms with E-state index in [1.54, 1.807) is 4.42 Å². The molecular formula is C8H14ClN. The molecule has 0 radical (unpaired) electrons. The lowest BCUT2D eigenvalue weighted by Crippen LogP contribution is -2.03. The number of halogens is 1. The molecule has 58 valence electrons. The topological polar surface area (TPSA) is 3.24 Å². The number of allylic oxidation sites excluding steroid dienone is 2. The van der Waals surface area contributed by atoms with E-state index in [0.717, 1.165) is 12.1 Å². The predicted molar refractivity (Wildman–Crippen MR) is 47.1 cm³/mol. The fraction of sp³-hybridized carbons (Fsp3) is 0.500. The van der Waals surface area contributed by atoms with Gasteiger partial charge in [0.1, 0.15) is 0 Å². The van der Waals surface area contributed by atoms with Gasteiger partial charge in [-0.1, -0.05) is 23.8 Å². The van der Waals surface area contributed by atoms with Crippen molar-refractivity contribution >= 4 is 11.8 Å². The standard InChI is InChI=1S/C8H14ClN/c1-7(2)8(3)5-6-10(4)9/h5H,1,6H2,2-4H3/b8-5-. The molecule has 0 N–H and O–H groups in total. The second kappa shape index (κ2) is 4.53. The molecule has 1 nitrogen and oxygen atoms in total. The summed E-state index contributed by atoms with van der Waals surface area (Å²) in [6.45, 7) is 8.58. The lowest BCUT2D eigenvalue weighted by Gasteiger charge is -2.03. The van der Waals surface area contributed by atoms with E-state index in [-0.39, 0.29) is 0 Å². The van der Waals surface area contributed by atoms with Crippen LogP contribution in [0.5, 0.6) is 0 Å². The second-order valence-electron chi connectivity index (χ2n) is 2.45. The van der Waals surface area contributed by atoms with Gasteiger partial charge in [0.15, 0.2) is 0 Å². The minimum absolute atomic E-state index is 0.764. The Morgan fingerprint density at radius 1 is 1.60 bits per heavy atom. The fourth-order valence-corrected chi connectivity index (χ4v) is 0.506. The van der Waals surface area contributed by atoms with Gasteiger partial charge in [0, 0.05) is 13.6 Å². The highest BCUT2D eigenvalue weighted by atomic mass is 35.5. The van der Waals surface area contributed by atoms with Gasteiger partial charge in [-0.05, 0) is 25.6 Å². The molecule has 0 unspecified atom stereocenters. The molecule has 0 spiro atoms. The Morgan fingerprint density at radius 2 is 2.10 bits per heavy atom. The lowest BCUT2D eigenvalue weighted by molar-refractivity contribution is 0.614. The summed E-state index contributed by atoms with van der Waals surface area (Å²) in [4.78, 5) is 0. The molecule has 0 aromatic carbocycles. The van der Waals surface area contributed by atoms with Gasteiger partial charge in [-0.3, -0.25) is 0 Å². The van der Waals surface area contributed by atoms with Gasteiger partial charge in [0.05, 0.1) is 0 Å². The van der Waals surface area contributed by atoms with Crippen LogP contribution in [-0.4, -0.2) is 18.0 Å². The molecule has 0 aliphatic carbocycles. The summed E-state index contributed by atoms with van der Waals surface area (Å²) in [6, 6.07) is 0. The van der Waals surface area contributed by atoms with Crippen LogP contribution in [0.1, 0.15) is 13.8 Å². The predicted octanol–water partition coefficient (Wildman–Crippen LogP) is 2.59. The third-order valence-corrected chi connectivity index (χ3v) is 1.46. The molecule has 0 aliphatic heterocycles. The van der Waals surface area contributed by atoms with E-state index in [2.05, 4.69) is 12.7 Å². The van der Waals surface area contributed by atoms with Crippen molar-refractivity contribution in [2.75, 3.05) is 13.6 Å². The quantitative estimate of drug-likeness (QED) is 0.452. The zero-order valence-corrected chi connectivity index (χ0v) is 7.57. The summed E-state index contributed by atoms with van der Waals surface area (Å²) in [5.41, 5.74) is 2.30. The summed E-state index contributed by atoms with van der Waals surface area (Å²) >= 11 is 5.59. The summed E-state index contributed by atoms with van der Waals surface area (Å²) in [7, 11) is 1.82. The van der Waals surface area contributed by atoms with Gasteiger partial charge in [-0.2, -0.15) is 0 Å². The highest BCUT2D eigenvalue weighted by molar-refractivity contribution is 6.13. The van der Waals surface area contributed by atoms with Crippen LogP contribution in [0.2, 0.25) is 0 Å². The van der Waals surface area contributed by atoms with Crippen LogP contribution in [0.4, 0.5) is 0 Å². The van der Waals surface area contributed by atoms with E-state index in [0.29, 0.717) is 0 Å². The molecule has 0 rings (SSSR count). The average Bonchev–Trinajstić information content (AvgIpc) is 1.82. The van der Waals surface area contributed by atoms with Crippen molar-refractivity contribution in [1.29, 1.82) is 0 Å². The number of likely N-dealkylation sites (N-methyl/N-ethyl adjacent to an activating group) is 1. The van der Waals surface area contributed by atoms with Gasteiger partial charge in [0.25, 0.3) is 0 Å². The van der Waals surface area contributed by atoms with Crippen LogP contribution in [-0.2, 0) is 0 Å². The molecule has 0 amide bonds. The summed E-state index contributed by atoms with van der Waals surface area (Å²) in [5, 5.41) is 0. The number of rotatable bonds is 3. The van der Waals surface area contributed by atoms with E-state index in [9.17, 15) is 0 Å². The molecule has 0 fully saturated rings. The molecule has 10 heavy (non-hydrogen) atoms. The van der Waals surface area contributed by atoms with Crippen molar-refractivity contribution in [3.05, 3.63) is 23.8 Å². The fourth-order valence-electron chi connectivity index (χ4n) is 0.437. The minimum Gasteiger partial charge on any atom is -0.219 e. The lowest BCUT2D eigenvalue weighted by atomic mass is 10.1. The monoisotopic (exact) mass is 159 g/mol. The molecule has 0 saturated carbocycles. The zero-order chi connectivity index (χ0) is 8.15. The Labute approximate surface area is 68.1 Å². The second-order valence-corrected chi connectivity index (χ2v) is 3.03. The van der Waals surface area contributed by atoms with Crippen LogP contribution in [0.3, 0.4) is 0 Å². The van der Waals surface area contributed by atoms with Crippen LogP contribution in [0, 0.1) is 0 Å². The summed E-state index contributed by atoms with van der Waals surface area (Å²) in [6.07, 6.45) is 2.05. The number of hydrogen-bond donors (Lipinski definition) is 0. The highest BCUT2D eigenvalue weighted by Crippen LogP contribution is 2.04. The van der Waals surface area contributed by atoms with Crippen molar-refractivity contribution in [2.24, 2.45) is 0 Å². The maximum Gasteiger partial charge on any atom is 0.0322 e. The van der Waals surface area contributed by atoms with E-state index >= 15 is 0 Å². The maximum atomic E-state index is 5.59. The van der Waals surface area contributed by atoms with E-state index < -0.39 is 0 Å². The molecule has 0 atom stereocenters. The molecular weight excluding hydrogens is 146 g/mol.